The first-order valence-corrected chi connectivity index (χ1v) is 10.1. The number of aliphatic imine (C=N–C) groups is 1. The molecule has 7 nitrogen and oxygen atoms in total. The summed E-state index contributed by atoms with van der Waals surface area (Å²) < 4.78 is 2.26. The number of carbonyl (C=O) groups is 2. The van der Waals surface area contributed by atoms with Crippen LogP contribution in [0.15, 0.2) is 29.3 Å². The second-order valence-corrected chi connectivity index (χ2v) is 8.00. The van der Waals surface area contributed by atoms with Crippen molar-refractivity contribution in [1.82, 2.24) is 14.7 Å². The summed E-state index contributed by atoms with van der Waals surface area (Å²) in [5, 5.41) is 0.678. The predicted molar refractivity (Wildman–Crippen MR) is 108 cm³/mol. The molecule has 3 heterocycles. The summed E-state index contributed by atoms with van der Waals surface area (Å²) in [7, 11) is 3.21. The Kier molecular flexibility index (Phi) is 5.10. The van der Waals surface area contributed by atoms with Gasteiger partial charge in [0.15, 0.2) is 0 Å². The Hall–Kier alpha value is -2.41. The van der Waals surface area contributed by atoms with Crippen LogP contribution in [0.4, 0.5) is 4.79 Å². The molecule has 0 saturated carbocycles. The van der Waals surface area contributed by atoms with E-state index in [0.29, 0.717) is 17.4 Å². The van der Waals surface area contributed by atoms with Gasteiger partial charge >= 0.3 is 12.0 Å². The second kappa shape index (κ2) is 7.54. The zero-order valence-corrected chi connectivity index (χ0v) is 17.0. The molecular formula is C20H25ClN5O2+. The first kappa shape index (κ1) is 18.9. The number of carbonyl (C=O) groups excluding carboxylic acids is 2. The lowest BCUT2D eigenvalue weighted by Crippen LogP contribution is -2.62. The number of halogens is 1. The highest BCUT2D eigenvalue weighted by Crippen LogP contribution is 2.26. The first-order chi connectivity index (χ1) is 13.5. The van der Waals surface area contributed by atoms with E-state index in [1.807, 2.05) is 29.2 Å². The Bertz CT molecular complexity index is 854. The molecule has 2 fully saturated rings. The van der Waals surface area contributed by atoms with Gasteiger partial charge in [0.25, 0.3) is 5.91 Å². The van der Waals surface area contributed by atoms with Gasteiger partial charge in [-0.1, -0.05) is 41.6 Å². The Balaban J connectivity index is 1.76. The second-order valence-electron chi connectivity index (χ2n) is 7.57. The largest absolute Gasteiger partial charge is 0.392 e. The molecule has 3 amide bonds. The van der Waals surface area contributed by atoms with E-state index in [1.54, 1.807) is 7.05 Å². The van der Waals surface area contributed by atoms with E-state index >= 15 is 0 Å². The van der Waals surface area contributed by atoms with Crippen LogP contribution >= 0.6 is 11.6 Å². The van der Waals surface area contributed by atoms with Gasteiger partial charge in [0.2, 0.25) is 11.9 Å². The van der Waals surface area contributed by atoms with Crippen LogP contribution in [0, 0.1) is 0 Å². The van der Waals surface area contributed by atoms with Crippen molar-refractivity contribution in [1.29, 1.82) is 0 Å². The van der Waals surface area contributed by atoms with Gasteiger partial charge in [-0.05, 0) is 30.5 Å². The number of amides is 3. The van der Waals surface area contributed by atoms with Crippen molar-refractivity contribution in [2.45, 2.75) is 38.3 Å². The highest BCUT2D eigenvalue weighted by molar-refractivity contribution is 6.30. The molecule has 4 rings (SSSR count). The SMILES string of the molecule is CN1C(=O)C2C(=NC(=[N+]3CCCCCC3)N2Cc2ccc(Cl)cc2)N(C)C1=O. The van der Waals surface area contributed by atoms with Crippen molar-refractivity contribution in [2.24, 2.45) is 4.99 Å². The van der Waals surface area contributed by atoms with Crippen LogP contribution in [0.1, 0.15) is 31.2 Å². The van der Waals surface area contributed by atoms with E-state index in [9.17, 15) is 9.59 Å². The number of benzene rings is 1. The highest BCUT2D eigenvalue weighted by atomic mass is 35.5. The standard InChI is InChI=1S/C20H25ClN5O2/c1-23-17-16(18(27)24(2)20(23)28)26(13-14-7-9-15(21)10-8-14)19(22-17)25-11-5-3-4-6-12-25/h7-10,16H,3-6,11-13H2,1-2H3/q+1. The molecule has 1 atom stereocenters. The van der Waals surface area contributed by atoms with E-state index in [1.165, 1.54) is 29.7 Å². The van der Waals surface area contributed by atoms with Crippen molar-refractivity contribution in [3.63, 3.8) is 0 Å². The number of hydrogen-bond donors (Lipinski definition) is 0. The minimum Gasteiger partial charge on any atom is -0.270 e. The summed E-state index contributed by atoms with van der Waals surface area (Å²) in [6.45, 7) is 2.36. The molecule has 148 valence electrons. The Morgan fingerprint density at radius 3 is 2.32 bits per heavy atom. The van der Waals surface area contributed by atoms with E-state index in [4.69, 9.17) is 16.6 Å². The van der Waals surface area contributed by atoms with Gasteiger partial charge in [0, 0.05) is 19.1 Å². The number of rotatable bonds is 2. The smallest absolute Gasteiger partial charge is 0.270 e. The molecule has 1 aromatic rings. The molecule has 0 N–H and O–H groups in total. The van der Waals surface area contributed by atoms with E-state index in [-0.39, 0.29) is 11.9 Å². The molecule has 0 radical (unpaired) electrons. The molecule has 1 unspecified atom stereocenters. The van der Waals surface area contributed by atoms with Gasteiger partial charge in [-0.15, -0.1) is 0 Å². The van der Waals surface area contributed by atoms with Crippen LogP contribution in [0.5, 0.6) is 0 Å². The Morgan fingerprint density at radius 2 is 1.68 bits per heavy atom. The summed E-state index contributed by atoms with van der Waals surface area (Å²) in [6.07, 6.45) is 4.63. The summed E-state index contributed by atoms with van der Waals surface area (Å²) in [4.78, 5) is 34.9. The molecule has 0 aromatic heterocycles. The molecule has 28 heavy (non-hydrogen) atoms. The predicted octanol–water partition coefficient (Wildman–Crippen LogP) is 2.39. The topological polar surface area (TPSA) is 59.2 Å². The Morgan fingerprint density at radius 1 is 1.04 bits per heavy atom. The molecule has 0 spiro atoms. The third-order valence-electron chi connectivity index (χ3n) is 5.66. The van der Waals surface area contributed by atoms with Gasteiger partial charge in [-0.2, -0.15) is 0 Å². The van der Waals surface area contributed by atoms with Crippen molar-refractivity contribution < 1.29 is 14.2 Å². The maximum Gasteiger partial charge on any atom is 0.392 e. The number of imide groups is 1. The lowest BCUT2D eigenvalue weighted by atomic mass is 10.1. The number of nitrogens with zero attached hydrogens (tertiary/aromatic N) is 5. The average Bonchev–Trinajstić information content (AvgIpc) is 2.87. The minimum absolute atomic E-state index is 0.236. The van der Waals surface area contributed by atoms with E-state index in [0.717, 1.165) is 37.5 Å². The molecular weight excluding hydrogens is 378 g/mol. The van der Waals surface area contributed by atoms with Gasteiger partial charge in [0.05, 0.1) is 19.6 Å². The van der Waals surface area contributed by atoms with Gasteiger partial charge in [-0.3, -0.25) is 19.2 Å². The summed E-state index contributed by atoms with van der Waals surface area (Å²) in [5.41, 5.74) is 1.04. The third-order valence-corrected chi connectivity index (χ3v) is 5.92. The number of urea groups is 1. The molecule has 0 aliphatic carbocycles. The summed E-state index contributed by atoms with van der Waals surface area (Å²) in [5.74, 6) is 1.07. The van der Waals surface area contributed by atoms with Crippen LogP contribution in [-0.2, 0) is 11.3 Å². The maximum atomic E-state index is 13.0. The van der Waals surface area contributed by atoms with Crippen molar-refractivity contribution >= 4 is 35.3 Å². The maximum absolute atomic E-state index is 13.0. The summed E-state index contributed by atoms with van der Waals surface area (Å²) in [6, 6.07) is 6.71. The molecule has 1 aromatic carbocycles. The molecule has 3 aliphatic rings. The normalized spacial score (nSPS) is 23.2. The molecule has 2 saturated heterocycles. The highest BCUT2D eigenvalue weighted by Gasteiger charge is 2.55. The fourth-order valence-corrected chi connectivity index (χ4v) is 4.18. The van der Waals surface area contributed by atoms with Crippen molar-refractivity contribution in [3.8, 4) is 0 Å². The fourth-order valence-electron chi connectivity index (χ4n) is 4.06. The zero-order chi connectivity index (χ0) is 19.8. The number of hydrogen-bond acceptors (Lipinski definition) is 2. The zero-order valence-electron chi connectivity index (χ0n) is 16.3. The van der Waals surface area contributed by atoms with Gasteiger partial charge in [-0.25, -0.2) is 9.69 Å². The lowest BCUT2D eigenvalue weighted by molar-refractivity contribution is -0.531. The Labute approximate surface area is 169 Å². The molecule has 3 aliphatic heterocycles. The molecule has 8 heteroatoms. The average molecular weight is 403 g/mol. The number of amidine groups is 1. The van der Waals surface area contributed by atoms with Gasteiger partial charge in [0.1, 0.15) is 0 Å². The number of guanidine groups is 1. The summed E-state index contributed by atoms with van der Waals surface area (Å²) >= 11 is 6.03. The van der Waals surface area contributed by atoms with Crippen molar-refractivity contribution in [3.05, 3.63) is 34.9 Å². The van der Waals surface area contributed by atoms with E-state index in [2.05, 4.69) is 4.58 Å². The van der Waals surface area contributed by atoms with Crippen LogP contribution in [0.3, 0.4) is 0 Å². The number of fused-ring (bicyclic) bond motifs is 1. The monoisotopic (exact) mass is 402 g/mol. The minimum atomic E-state index is -0.582. The third kappa shape index (κ3) is 3.28. The molecule has 0 bridgehead atoms. The van der Waals surface area contributed by atoms with E-state index < -0.39 is 6.04 Å². The first-order valence-electron chi connectivity index (χ1n) is 9.74. The fraction of sp³-hybridized carbons (Fsp3) is 0.500. The quantitative estimate of drug-likeness (QED) is 0.714. The van der Waals surface area contributed by atoms with Crippen molar-refractivity contribution in [2.75, 3.05) is 27.2 Å². The van der Waals surface area contributed by atoms with Gasteiger partial charge < -0.3 is 0 Å². The van der Waals surface area contributed by atoms with Crippen LogP contribution in [-0.4, -0.2) is 76.2 Å². The lowest BCUT2D eigenvalue weighted by Gasteiger charge is -2.33. The number of likely N-dealkylation sites (N-methyl/N-ethyl adjacent to an activating group) is 2. The van der Waals surface area contributed by atoms with Crippen LogP contribution in [0.2, 0.25) is 5.02 Å². The van der Waals surface area contributed by atoms with Crippen LogP contribution in [0.25, 0.3) is 0 Å². The van der Waals surface area contributed by atoms with Crippen LogP contribution < -0.4 is 0 Å².